The smallest absolute Gasteiger partial charge is 0.277 e. The van der Waals surface area contributed by atoms with Gasteiger partial charge in [-0.2, -0.15) is 0 Å². The summed E-state index contributed by atoms with van der Waals surface area (Å²) in [7, 11) is 0. The van der Waals surface area contributed by atoms with E-state index in [0.717, 1.165) is 6.42 Å². The molecular formula is C12H18N2O3. The molecule has 1 heterocycles. The summed E-state index contributed by atoms with van der Waals surface area (Å²) in [5.74, 6) is -1.13. The first kappa shape index (κ1) is 13.4. The van der Waals surface area contributed by atoms with E-state index >= 15 is 0 Å². The second-order valence-electron chi connectivity index (χ2n) is 4.33. The van der Waals surface area contributed by atoms with Crippen molar-refractivity contribution >= 4 is 17.8 Å². The van der Waals surface area contributed by atoms with Crippen LogP contribution >= 0.6 is 0 Å². The van der Waals surface area contributed by atoms with Gasteiger partial charge in [0.15, 0.2) is 0 Å². The molecule has 0 aromatic rings. The van der Waals surface area contributed by atoms with Crippen LogP contribution in [0.2, 0.25) is 0 Å². The minimum absolute atomic E-state index is 0.140. The van der Waals surface area contributed by atoms with E-state index in [0.29, 0.717) is 12.8 Å². The Kier molecular flexibility index (Phi) is 4.04. The van der Waals surface area contributed by atoms with E-state index < -0.39 is 23.3 Å². The van der Waals surface area contributed by atoms with Gasteiger partial charge >= 0.3 is 6.03 Å². The fraction of sp³-hybridized carbons (Fsp3) is 0.583. The van der Waals surface area contributed by atoms with Crippen LogP contribution in [-0.4, -0.2) is 17.8 Å². The molecule has 0 bridgehead atoms. The summed E-state index contributed by atoms with van der Waals surface area (Å²) in [5, 5.41) is 4.35. The van der Waals surface area contributed by atoms with Crippen LogP contribution in [0.4, 0.5) is 4.79 Å². The molecule has 0 spiro atoms. The Hall–Kier alpha value is -1.65. The van der Waals surface area contributed by atoms with Gasteiger partial charge in [-0.3, -0.25) is 20.2 Å². The quantitative estimate of drug-likeness (QED) is 0.560. The Morgan fingerprint density at radius 1 is 1.29 bits per heavy atom. The van der Waals surface area contributed by atoms with Gasteiger partial charge in [0.25, 0.3) is 0 Å². The molecule has 1 aliphatic rings. The number of amides is 4. The molecule has 1 unspecified atom stereocenters. The predicted octanol–water partition coefficient (Wildman–Crippen LogP) is 1.35. The lowest BCUT2D eigenvalue weighted by Gasteiger charge is -2.37. The van der Waals surface area contributed by atoms with Crippen molar-refractivity contribution < 1.29 is 14.4 Å². The number of hydrogen-bond donors (Lipinski definition) is 2. The second-order valence-corrected chi connectivity index (χ2v) is 4.33. The predicted molar refractivity (Wildman–Crippen MR) is 63.0 cm³/mol. The summed E-state index contributed by atoms with van der Waals surface area (Å²) in [6, 6.07) is -0.736. The fourth-order valence-electron chi connectivity index (χ4n) is 2.30. The molecule has 2 N–H and O–H groups in total. The maximum Gasteiger partial charge on any atom is 0.328 e. The summed E-state index contributed by atoms with van der Waals surface area (Å²) < 4.78 is 0. The molecule has 1 atom stereocenters. The van der Waals surface area contributed by atoms with Crippen LogP contribution in [0.1, 0.15) is 33.1 Å². The molecule has 5 nitrogen and oxygen atoms in total. The zero-order chi connectivity index (χ0) is 13.1. The highest BCUT2D eigenvalue weighted by atomic mass is 16.2. The van der Waals surface area contributed by atoms with Crippen molar-refractivity contribution in [1.29, 1.82) is 0 Å². The molecule has 17 heavy (non-hydrogen) atoms. The van der Waals surface area contributed by atoms with Gasteiger partial charge in [0.1, 0.15) is 5.41 Å². The van der Waals surface area contributed by atoms with E-state index in [-0.39, 0.29) is 5.92 Å². The number of urea groups is 1. The van der Waals surface area contributed by atoms with Crippen LogP contribution in [0.25, 0.3) is 0 Å². The zero-order valence-electron chi connectivity index (χ0n) is 10.2. The summed E-state index contributed by atoms with van der Waals surface area (Å²) in [6.07, 6.45) is 3.55. The van der Waals surface area contributed by atoms with Crippen molar-refractivity contribution in [3.8, 4) is 0 Å². The van der Waals surface area contributed by atoms with Gasteiger partial charge < -0.3 is 0 Å². The molecule has 0 saturated carbocycles. The number of allylic oxidation sites excluding steroid dienone is 1. The summed E-state index contributed by atoms with van der Waals surface area (Å²) >= 11 is 0. The molecule has 1 aliphatic heterocycles. The monoisotopic (exact) mass is 238 g/mol. The van der Waals surface area contributed by atoms with Crippen LogP contribution in [0.3, 0.4) is 0 Å². The average Bonchev–Trinajstić information content (AvgIpc) is 2.26. The molecule has 5 heteroatoms. The first-order valence-electron chi connectivity index (χ1n) is 5.76. The number of rotatable bonds is 5. The lowest BCUT2D eigenvalue weighted by molar-refractivity contribution is -0.148. The molecule has 0 aromatic heterocycles. The van der Waals surface area contributed by atoms with Gasteiger partial charge in [-0.05, 0) is 25.2 Å². The van der Waals surface area contributed by atoms with E-state index in [1.165, 1.54) is 0 Å². The van der Waals surface area contributed by atoms with Crippen LogP contribution in [0.5, 0.6) is 0 Å². The van der Waals surface area contributed by atoms with Crippen LogP contribution in [-0.2, 0) is 9.59 Å². The number of hydrogen-bond acceptors (Lipinski definition) is 3. The van der Waals surface area contributed by atoms with Crippen molar-refractivity contribution in [3.05, 3.63) is 12.7 Å². The Balaban J connectivity index is 2.99. The number of nitrogens with one attached hydrogen (secondary N) is 2. The normalized spacial score (nSPS) is 20.5. The maximum atomic E-state index is 12.0. The zero-order valence-corrected chi connectivity index (χ0v) is 10.2. The third kappa shape index (κ3) is 2.23. The van der Waals surface area contributed by atoms with Crippen molar-refractivity contribution in [2.75, 3.05) is 0 Å². The Morgan fingerprint density at radius 2 is 1.82 bits per heavy atom. The van der Waals surface area contributed by atoms with Crippen molar-refractivity contribution in [3.63, 3.8) is 0 Å². The first-order chi connectivity index (χ1) is 7.98. The van der Waals surface area contributed by atoms with E-state index in [1.54, 1.807) is 13.0 Å². The number of barbiturate groups is 1. The van der Waals surface area contributed by atoms with E-state index in [2.05, 4.69) is 17.2 Å². The fourth-order valence-corrected chi connectivity index (χ4v) is 2.30. The molecule has 1 saturated heterocycles. The van der Waals surface area contributed by atoms with Gasteiger partial charge in [0.2, 0.25) is 11.8 Å². The van der Waals surface area contributed by atoms with Gasteiger partial charge in [0, 0.05) is 0 Å². The second kappa shape index (κ2) is 5.12. The van der Waals surface area contributed by atoms with E-state index in [1.807, 2.05) is 6.92 Å². The number of imide groups is 2. The van der Waals surface area contributed by atoms with Crippen LogP contribution in [0, 0.1) is 11.3 Å². The molecular weight excluding hydrogens is 220 g/mol. The Morgan fingerprint density at radius 3 is 2.24 bits per heavy atom. The third-order valence-corrected chi connectivity index (χ3v) is 3.47. The Labute approximate surface area is 101 Å². The van der Waals surface area contributed by atoms with Crippen LogP contribution in [0.15, 0.2) is 12.7 Å². The van der Waals surface area contributed by atoms with Gasteiger partial charge in [-0.15, -0.1) is 6.58 Å². The number of carbonyl (C=O) groups excluding carboxylic acids is 3. The summed E-state index contributed by atoms with van der Waals surface area (Å²) in [5.41, 5.74) is -1.14. The molecule has 1 rings (SSSR count). The lowest BCUT2D eigenvalue weighted by Crippen LogP contribution is -2.64. The SMILES string of the molecule is C=CCCC(C)C1(CC)C(=O)NC(=O)NC1=O. The molecule has 1 fully saturated rings. The third-order valence-electron chi connectivity index (χ3n) is 3.47. The Bertz CT molecular complexity index is 343. The molecule has 0 radical (unpaired) electrons. The standard InChI is InChI=1S/C12H18N2O3/c1-4-6-7-8(3)12(5-2)9(15)13-11(17)14-10(12)16/h4,8H,1,5-7H2,2-3H3,(H2,13,14,15,16,17). The first-order valence-corrected chi connectivity index (χ1v) is 5.76. The average molecular weight is 238 g/mol. The molecule has 0 aliphatic carbocycles. The summed E-state index contributed by atoms with van der Waals surface area (Å²) in [6.45, 7) is 7.25. The van der Waals surface area contributed by atoms with Gasteiger partial charge in [-0.25, -0.2) is 4.79 Å². The highest BCUT2D eigenvalue weighted by Crippen LogP contribution is 2.36. The molecule has 94 valence electrons. The lowest BCUT2D eigenvalue weighted by atomic mass is 9.70. The van der Waals surface area contributed by atoms with E-state index in [9.17, 15) is 14.4 Å². The highest BCUT2D eigenvalue weighted by molar-refractivity contribution is 6.19. The summed E-state index contributed by atoms with van der Waals surface area (Å²) in [4.78, 5) is 35.0. The minimum atomic E-state index is -1.14. The maximum absolute atomic E-state index is 12.0. The molecule has 4 amide bonds. The van der Waals surface area contributed by atoms with Crippen LogP contribution < -0.4 is 10.6 Å². The van der Waals surface area contributed by atoms with Crippen molar-refractivity contribution in [1.82, 2.24) is 10.6 Å². The molecule has 0 aromatic carbocycles. The van der Waals surface area contributed by atoms with Crippen molar-refractivity contribution in [2.24, 2.45) is 11.3 Å². The van der Waals surface area contributed by atoms with Crippen molar-refractivity contribution in [2.45, 2.75) is 33.1 Å². The van der Waals surface area contributed by atoms with E-state index in [4.69, 9.17) is 0 Å². The topological polar surface area (TPSA) is 75.3 Å². The largest absolute Gasteiger partial charge is 0.328 e. The van der Waals surface area contributed by atoms with Gasteiger partial charge in [-0.1, -0.05) is 19.9 Å². The van der Waals surface area contributed by atoms with Gasteiger partial charge in [0.05, 0.1) is 0 Å². The number of carbonyl (C=O) groups is 3. The minimum Gasteiger partial charge on any atom is -0.277 e. The highest BCUT2D eigenvalue weighted by Gasteiger charge is 2.52.